The number of esters is 1. The average Bonchev–Trinajstić information content (AvgIpc) is 3.62. The highest BCUT2D eigenvalue weighted by Crippen LogP contribution is 2.30. The number of nitrogens with zero attached hydrogens (tertiary/aromatic N) is 2. The third-order valence-corrected chi connectivity index (χ3v) is 5.81. The Kier molecular flexibility index (Phi) is 8.26. The minimum absolute atomic E-state index is 0.0270. The van der Waals surface area contributed by atoms with Gasteiger partial charge in [-0.05, 0) is 68.4 Å². The van der Waals surface area contributed by atoms with Crippen LogP contribution in [0.25, 0.3) is 17.1 Å². The van der Waals surface area contributed by atoms with Gasteiger partial charge in [0.05, 0.1) is 0 Å². The number of nitrogens with one attached hydrogen (secondary N) is 2. The van der Waals surface area contributed by atoms with Crippen molar-refractivity contribution in [1.29, 1.82) is 0 Å². The molecule has 192 valence electrons. The number of ketones is 1. The van der Waals surface area contributed by atoms with Crippen LogP contribution in [0.4, 0.5) is 10.1 Å². The molecule has 3 aromatic rings. The van der Waals surface area contributed by atoms with Gasteiger partial charge in [0.25, 0.3) is 6.47 Å². The molecule has 0 amide bonds. The van der Waals surface area contributed by atoms with Gasteiger partial charge in [-0.2, -0.15) is 0 Å². The van der Waals surface area contributed by atoms with Crippen molar-refractivity contribution in [3.05, 3.63) is 77.4 Å². The van der Waals surface area contributed by atoms with Crippen molar-refractivity contribution in [2.45, 2.75) is 12.8 Å². The fraction of sp³-hybridized carbons (Fsp3) is 0.231. The second-order valence-electron chi connectivity index (χ2n) is 8.21. The van der Waals surface area contributed by atoms with E-state index in [2.05, 4.69) is 20.2 Å². The van der Waals surface area contributed by atoms with Crippen molar-refractivity contribution < 1.29 is 33.4 Å². The molecule has 10 nitrogen and oxygen atoms in total. The highest BCUT2D eigenvalue weighted by Gasteiger charge is 2.37. The first kappa shape index (κ1) is 25.6. The predicted octanol–water partition coefficient (Wildman–Crippen LogP) is 3.31. The lowest BCUT2D eigenvalue weighted by Crippen LogP contribution is -2.26. The van der Waals surface area contributed by atoms with Gasteiger partial charge >= 0.3 is 5.97 Å². The standard InChI is InChI=1S/C25H23FN4O4.CH2O2/c26-17-5-7-18(8-6-17)29-24-21(25(32)33-13-12-30-10-1-2-11-30)22(31)20(34-24)14-16-15-28-23-19(16)4-3-9-27-23;2-1-3/h3-9,14-15,29H,1-2,10-13H2,(H,27,28);1H,(H,2,3). The van der Waals surface area contributed by atoms with Crippen molar-refractivity contribution in [3.8, 4) is 0 Å². The molecule has 0 spiro atoms. The fourth-order valence-electron chi connectivity index (χ4n) is 4.05. The van der Waals surface area contributed by atoms with E-state index in [4.69, 9.17) is 19.4 Å². The molecule has 1 aromatic carbocycles. The fourth-order valence-corrected chi connectivity index (χ4v) is 4.05. The summed E-state index contributed by atoms with van der Waals surface area (Å²) in [5.41, 5.74) is 1.59. The van der Waals surface area contributed by atoms with Crippen LogP contribution in [0.1, 0.15) is 18.4 Å². The van der Waals surface area contributed by atoms with Gasteiger partial charge in [-0.25, -0.2) is 14.2 Å². The molecule has 0 aliphatic carbocycles. The molecule has 0 saturated carbocycles. The minimum Gasteiger partial charge on any atom is -0.483 e. The first-order valence-electron chi connectivity index (χ1n) is 11.6. The van der Waals surface area contributed by atoms with E-state index in [0.29, 0.717) is 23.4 Å². The highest BCUT2D eigenvalue weighted by molar-refractivity contribution is 6.26. The molecular formula is C26H25FN4O6. The maximum Gasteiger partial charge on any atom is 0.347 e. The van der Waals surface area contributed by atoms with Crippen LogP contribution in [0.5, 0.6) is 0 Å². The van der Waals surface area contributed by atoms with Crippen molar-refractivity contribution in [2.75, 3.05) is 31.6 Å². The molecule has 3 N–H and O–H groups in total. The van der Waals surface area contributed by atoms with Crippen LogP contribution in [0.2, 0.25) is 0 Å². The molecule has 0 atom stereocenters. The van der Waals surface area contributed by atoms with Crippen LogP contribution >= 0.6 is 0 Å². The van der Waals surface area contributed by atoms with Gasteiger partial charge in [-0.15, -0.1) is 0 Å². The number of aromatic amines is 1. The molecule has 2 aromatic heterocycles. The molecule has 2 aliphatic rings. The molecule has 1 fully saturated rings. The second kappa shape index (κ2) is 12.0. The van der Waals surface area contributed by atoms with Gasteiger partial charge in [0, 0.05) is 35.6 Å². The molecular weight excluding hydrogens is 483 g/mol. The number of halogens is 1. The largest absolute Gasteiger partial charge is 0.483 e. The molecule has 2 aliphatic heterocycles. The number of anilines is 1. The van der Waals surface area contributed by atoms with Crippen molar-refractivity contribution in [2.24, 2.45) is 0 Å². The van der Waals surface area contributed by atoms with Crippen LogP contribution in [-0.4, -0.2) is 64.4 Å². The van der Waals surface area contributed by atoms with Crippen LogP contribution in [0.15, 0.2) is 66.0 Å². The first-order chi connectivity index (χ1) is 18.0. The van der Waals surface area contributed by atoms with E-state index >= 15 is 0 Å². The van der Waals surface area contributed by atoms with Crippen molar-refractivity contribution in [1.82, 2.24) is 14.9 Å². The Morgan fingerprint density at radius 1 is 1.24 bits per heavy atom. The Labute approximate surface area is 211 Å². The summed E-state index contributed by atoms with van der Waals surface area (Å²) in [4.78, 5) is 43.9. The Balaban J connectivity index is 0.00000102. The quantitative estimate of drug-likeness (QED) is 0.190. The summed E-state index contributed by atoms with van der Waals surface area (Å²) < 4.78 is 24.5. The summed E-state index contributed by atoms with van der Waals surface area (Å²) in [6.45, 7) is 2.49. The second-order valence-corrected chi connectivity index (χ2v) is 8.21. The number of carboxylic acid groups (broad SMARTS) is 1. The number of likely N-dealkylation sites (tertiary alicyclic amines) is 1. The van der Waals surface area contributed by atoms with Crippen LogP contribution < -0.4 is 5.32 Å². The monoisotopic (exact) mass is 508 g/mol. The van der Waals surface area contributed by atoms with Crippen molar-refractivity contribution >= 4 is 41.0 Å². The summed E-state index contributed by atoms with van der Waals surface area (Å²) in [6.07, 6.45) is 7.19. The zero-order chi connectivity index (χ0) is 26.2. The molecule has 11 heteroatoms. The number of carbonyl (C=O) groups excluding carboxylic acids is 2. The highest BCUT2D eigenvalue weighted by atomic mass is 19.1. The van der Waals surface area contributed by atoms with E-state index in [1.165, 1.54) is 24.3 Å². The predicted molar refractivity (Wildman–Crippen MR) is 133 cm³/mol. The third kappa shape index (κ3) is 6.19. The Hall–Kier alpha value is -4.51. The molecule has 0 unspecified atom stereocenters. The number of benzene rings is 1. The number of fused-ring (bicyclic) bond motifs is 1. The average molecular weight is 509 g/mol. The number of carbonyl (C=O) groups is 3. The van der Waals surface area contributed by atoms with E-state index in [9.17, 15) is 14.0 Å². The number of aromatic nitrogens is 2. The number of hydrogen-bond donors (Lipinski definition) is 3. The van der Waals surface area contributed by atoms with Gasteiger partial charge in [0.2, 0.25) is 11.7 Å². The SMILES string of the molecule is O=C(OCCN1CCCC1)C1=C(Nc2ccc(F)cc2)OC(=Cc2c[nH]c3ncccc23)C1=O.O=CO. The lowest BCUT2D eigenvalue weighted by Gasteiger charge is -2.14. The Morgan fingerprint density at radius 3 is 2.70 bits per heavy atom. The summed E-state index contributed by atoms with van der Waals surface area (Å²) in [7, 11) is 0. The Morgan fingerprint density at radius 2 is 1.97 bits per heavy atom. The number of allylic oxidation sites excluding steroid dienone is 1. The number of Topliss-reactive ketones (excluding diaryl/α,β-unsaturated/α-hetero) is 1. The number of ether oxygens (including phenoxy) is 2. The third-order valence-electron chi connectivity index (χ3n) is 5.81. The molecule has 4 heterocycles. The van der Waals surface area contributed by atoms with E-state index in [1.54, 1.807) is 24.5 Å². The zero-order valence-electron chi connectivity index (χ0n) is 19.8. The smallest absolute Gasteiger partial charge is 0.347 e. The first-order valence-corrected chi connectivity index (χ1v) is 11.6. The summed E-state index contributed by atoms with van der Waals surface area (Å²) in [6, 6.07) is 9.16. The Bertz CT molecular complexity index is 1340. The number of hydrogen-bond acceptors (Lipinski definition) is 8. The zero-order valence-corrected chi connectivity index (χ0v) is 19.8. The molecule has 0 radical (unpaired) electrons. The van der Waals surface area contributed by atoms with Crippen LogP contribution in [0, 0.1) is 5.82 Å². The normalized spacial score (nSPS) is 16.5. The van der Waals surface area contributed by atoms with Gasteiger partial charge in [0.15, 0.2) is 11.3 Å². The van der Waals surface area contributed by atoms with Gasteiger partial charge < -0.3 is 24.9 Å². The molecule has 5 rings (SSSR count). The topological polar surface area (TPSA) is 134 Å². The molecule has 1 saturated heterocycles. The molecule has 0 bridgehead atoms. The van der Waals surface area contributed by atoms with E-state index in [0.717, 1.165) is 31.3 Å². The number of rotatable bonds is 7. The van der Waals surface area contributed by atoms with E-state index < -0.39 is 17.6 Å². The van der Waals surface area contributed by atoms with E-state index in [1.807, 2.05) is 6.07 Å². The summed E-state index contributed by atoms with van der Waals surface area (Å²) in [5, 5.41) is 10.6. The lowest BCUT2D eigenvalue weighted by molar-refractivity contribution is -0.140. The maximum absolute atomic E-state index is 13.3. The summed E-state index contributed by atoms with van der Waals surface area (Å²) >= 11 is 0. The number of pyridine rings is 1. The van der Waals surface area contributed by atoms with Crippen molar-refractivity contribution in [3.63, 3.8) is 0 Å². The van der Waals surface area contributed by atoms with Crippen LogP contribution in [-0.2, 0) is 23.9 Å². The lowest BCUT2D eigenvalue weighted by atomic mass is 10.1. The van der Waals surface area contributed by atoms with Gasteiger partial charge in [0.1, 0.15) is 18.1 Å². The minimum atomic E-state index is -0.766. The van der Waals surface area contributed by atoms with Crippen LogP contribution in [0.3, 0.4) is 0 Å². The number of H-pyrrole nitrogens is 1. The maximum atomic E-state index is 13.3. The summed E-state index contributed by atoms with van der Waals surface area (Å²) in [5.74, 6) is -1.84. The molecule has 37 heavy (non-hydrogen) atoms. The van der Waals surface area contributed by atoms with E-state index in [-0.39, 0.29) is 30.3 Å². The van der Waals surface area contributed by atoms with Gasteiger partial charge in [-0.1, -0.05) is 0 Å². The van der Waals surface area contributed by atoms with Gasteiger partial charge in [-0.3, -0.25) is 14.5 Å².